The molecule has 0 aliphatic carbocycles. The molecule has 0 aromatic heterocycles. The van der Waals surface area contributed by atoms with Gasteiger partial charge in [-0.15, -0.1) is 0 Å². The van der Waals surface area contributed by atoms with Gasteiger partial charge in [0.25, 0.3) is 0 Å². The molecule has 164 valence electrons. The fraction of sp³-hybridized carbons (Fsp3) is 0.143. The van der Waals surface area contributed by atoms with E-state index >= 15 is 0 Å². The van der Waals surface area contributed by atoms with Gasteiger partial charge in [-0.1, -0.05) is 48.0 Å². The van der Waals surface area contributed by atoms with Crippen molar-refractivity contribution in [2.45, 2.75) is 18.3 Å². The summed E-state index contributed by atoms with van der Waals surface area (Å²) >= 11 is 5.55. The van der Waals surface area contributed by atoms with Crippen LogP contribution in [0.4, 0.5) is 35.1 Å². The minimum atomic E-state index is -5.81. The predicted molar refractivity (Wildman–Crippen MR) is 98.4 cm³/mol. The zero-order valence-electron chi connectivity index (χ0n) is 15.2. The van der Waals surface area contributed by atoms with Crippen molar-refractivity contribution in [1.82, 2.24) is 0 Å². The monoisotopic (exact) mass is 466 g/mol. The summed E-state index contributed by atoms with van der Waals surface area (Å²) in [4.78, 5) is 0. The Morgan fingerprint density at radius 1 is 0.645 bits per heavy atom. The molecule has 1 nitrogen and oxygen atoms in total. The van der Waals surface area contributed by atoms with Crippen molar-refractivity contribution in [2.75, 3.05) is 0 Å². The van der Waals surface area contributed by atoms with Crippen molar-refractivity contribution in [3.8, 4) is 22.6 Å². The first kappa shape index (κ1) is 22.9. The van der Waals surface area contributed by atoms with Crippen molar-refractivity contribution in [1.29, 1.82) is 0 Å². The number of rotatable bonds is 4. The maximum atomic E-state index is 14.0. The number of ether oxygens (including phenoxy) is 1. The van der Waals surface area contributed by atoms with Gasteiger partial charge in [0.1, 0.15) is 11.5 Å². The van der Waals surface area contributed by atoms with Crippen LogP contribution in [0.1, 0.15) is 11.1 Å². The van der Waals surface area contributed by atoms with E-state index < -0.39 is 40.0 Å². The molecule has 10 heteroatoms. The molecule has 0 saturated carbocycles. The van der Waals surface area contributed by atoms with Gasteiger partial charge in [-0.05, 0) is 41.5 Å². The van der Waals surface area contributed by atoms with E-state index in [4.69, 9.17) is 16.3 Å². The van der Waals surface area contributed by atoms with E-state index in [-0.39, 0.29) is 17.1 Å². The number of hydrogen-bond donors (Lipinski definition) is 0. The van der Waals surface area contributed by atoms with Crippen molar-refractivity contribution < 1.29 is 39.9 Å². The third-order valence-corrected chi connectivity index (χ3v) is 4.57. The smallest absolute Gasteiger partial charge is 0.457 e. The largest absolute Gasteiger partial charge is 0.458 e. The van der Waals surface area contributed by atoms with Crippen LogP contribution in [0.25, 0.3) is 11.1 Å². The first-order valence-electron chi connectivity index (χ1n) is 8.50. The molecule has 0 amide bonds. The molecule has 0 N–H and O–H groups in total. The first-order valence-corrected chi connectivity index (χ1v) is 8.87. The van der Waals surface area contributed by atoms with Gasteiger partial charge >= 0.3 is 18.3 Å². The lowest BCUT2D eigenvalue weighted by molar-refractivity contribution is -0.289. The Balaban J connectivity index is 2.00. The summed E-state index contributed by atoms with van der Waals surface area (Å²) in [5.41, 5.74) is -2.84. The highest BCUT2D eigenvalue weighted by molar-refractivity contribution is 6.31. The highest BCUT2D eigenvalue weighted by Crippen LogP contribution is 2.47. The quantitative estimate of drug-likeness (QED) is 0.350. The molecule has 0 heterocycles. The van der Waals surface area contributed by atoms with Crippen LogP contribution in [0.5, 0.6) is 11.5 Å². The summed E-state index contributed by atoms with van der Waals surface area (Å²) in [6.45, 7) is 0. The van der Waals surface area contributed by atoms with E-state index in [2.05, 4.69) is 0 Å². The summed E-state index contributed by atoms with van der Waals surface area (Å²) < 4.78 is 111. The zero-order chi connectivity index (χ0) is 23.0. The molecular weight excluding hydrogens is 456 g/mol. The van der Waals surface area contributed by atoms with E-state index in [1.165, 1.54) is 24.3 Å². The second-order valence-corrected chi connectivity index (χ2v) is 6.79. The molecule has 0 radical (unpaired) electrons. The van der Waals surface area contributed by atoms with Gasteiger partial charge in [-0.25, -0.2) is 0 Å². The Morgan fingerprint density at radius 3 is 1.94 bits per heavy atom. The Morgan fingerprint density at radius 2 is 1.29 bits per heavy atom. The minimum absolute atomic E-state index is 0.0398. The summed E-state index contributed by atoms with van der Waals surface area (Å²) in [7, 11) is 0. The van der Waals surface area contributed by atoms with E-state index in [9.17, 15) is 35.1 Å². The lowest BCUT2D eigenvalue weighted by atomic mass is 9.95. The highest BCUT2D eigenvalue weighted by atomic mass is 35.5. The molecule has 0 aliphatic rings. The van der Waals surface area contributed by atoms with Crippen LogP contribution in [0, 0.1) is 0 Å². The lowest BCUT2D eigenvalue weighted by Gasteiger charge is -2.22. The average molecular weight is 467 g/mol. The van der Waals surface area contributed by atoms with Crippen molar-refractivity contribution in [3.05, 3.63) is 82.9 Å². The topological polar surface area (TPSA) is 9.23 Å². The summed E-state index contributed by atoms with van der Waals surface area (Å²) in [6.07, 6.45) is -10.5. The van der Waals surface area contributed by atoms with Crippen LogP contribution in [-0.4, -0.2) is 6.18 Å². The maximum Gasteiger partial charge on any atom is 0.458 e. The molecule has 0 atom stereocenters. The molecule has 31 heavy (non-hydrogen) atoms. The molecule has 0 bridgehead atoms. The number of alkyl halides is 8. The van der Waals surface area contributed by atoms with Crippen molar-refractivity contribution in [3.63, 3.8) is 0 Å². The third kappa shape index (κ3) is 4.76. The summed E-state index contributed by atoms with van der Waals surface area (Å²) in [5.74, 6) is -5.43. The Bertz CT molecular complexity index is 1090. The average Bonchev–Trinajstić information content (AvgIpc) is 2.68. The van der Waals surface area contributed by atoms with Crippen LogP contribution in [-0.2, 0) is 12.1 Å². The van der Waals surface area contributed by atoms with E-state index in [0.717, 1.165) is 30.3 Å². The second kappa shape index (κ2) is 8.03. The minimum Gasteiger partial charge on any atom is -0.457 e. The highest BCUT2D eigenvalue weighted by Gasteiger charge is 2.59. The Kier molecular flexibility index (Phi) is 5.92. The Hall–Kier alpha value is -2.81. The molecule has 3 aromatic rings. The van der Waals surface area contributed by atoms with E-state index in [0.29, 0.717) is 12.1 Å². The molecule has 0 fully saturated rings. The van der Waals surface area contributed by atoms with E-state index in [1.807, 2.05) is 0 Å². The van der Waals surface area contributed by atoms with Gasteiger partial charge in [0.05, 0.1) is 10.6 Å². The van der Waals surface area contributed by atoms with Gasteiger partial charge in [0.15, 0.2) is 0 Å². The first-order chi connectivity index (χ1) is 14.3. The van der Waals surface area contributed by atoms with Crippen LogP contribution in [0.3, 0.4) is 0 Å². The predicted octanol–water partition coefficient (Wildman–Crippen LogP) is 8.47. The van der Waals surface area contributed by atoms with Gasteiger partial charge < -0.3 is 4.74 Å². The standard InChI is InChI=1S/C21H11ClF8O/c22-18-9-8-14(11-17(18)20(25,26)27)31-13-5-3-4-12(10-13)15-6-1-2-7-16(15)19(23,24)21(28,29)30/h1-11H. The number of halogens is 9. The van der Waals surface area contributed by atoms with E-state index in [1.54, 1.807) is 0 Å². The van der Waals surface area contributed by atoms with Crippen LogP contribution in [0.15, 0.2) is 66.7 Å². The molecule has 0 unspecified atom stereocenters. The SMILES string of the molecule is FC(F)(F)c1cc(Oc2cccc(-c3ccccc3C(F)(F)C(F)(F)F)c2)ccc1Cl. The summed E-state index contributed by atoms with van der Waals surface area (Å²) in [5, 5.41) is -0.545. The lowest BCUT2D eigenvalue weighted by Crippen LogP contribution is -2.34. The van der Waals surface area contributed by atoms with Crippen LogP contribution >= 0.6 is 11.6 Å². The van der Waals surface area contributed by atoms with Crippen molar-refractivity contribution >= 4 is 11.6 Å². The zero-order valence-corrected chi connectivity index (χ0v) is 15.9. The Labute approximate surface area is 175 Å². The molecule has 0 saturated heterocycles. The third-order valence-electron chi connectivity index (χ3n) is 4.25. The van der Waals surface area contributed by atoms with Crippen molar-refractivity contribution in [2.24, 2.45) is 0 Å². The van der Waals surface area contributed by atoms with Crippen LogP contribution in [0.2, 0.25) is 5.02 Å². The molecule has 3 aromatic carbocycles. The molecule has 3 rings (SSSR count). The summed E-state index contributed by atoms with van der Waals surface area (Å²) in [6, 6.07) is 11.9. The van der Waals surface area contributed by atoms with Gasteiger partial charge in [0, 0.05) is 5.56 Å². The number of benzene rings is 3. The normalized spacial score (nSPS) is 12.7. The van der Waals surface area contributed by atoms with Crippen LogP contribution < -0.4 is 4.74 Å². The molecule has 0 spiro atoms. The molecule has 0 aliphatic heterocycles. The van der Waals surface area contributed by atoms with Gasteiger partial charge in [-0.2, -0.15) is 35.1 Å². The fourth-order valence-electron chi connectivity index (χ4n) is 2.81. The molecular formula is C21H11ClF8O. The fourth-order valence-corrected chi connectivity index (χ4v) is 3.03. The van der Waals surface area contributed by atoms with Gasteiger partial charge in [-0.3, -0.25) is 0 Å². The maximum absolute atomic E-state index is 14.0. The second-order valence-electron chi connectivity index (χ2n) is 6.39. The number of hydrogen-bond acceptors (Lipinski definition) is 1. The van der Waals surface area contributed by atoms with Gasteiger partial charge in [0.2, 0.25) is 0 Å².